The molecule has 0 aromatic carbocycles. The molecule has 4 aromatic rings. The molecule has 2 unspecified atom stereocenters. The molecule has 3 aliphatic heterocycles. The number of phosphoric acid groups is 1. The fourth-order valence-electron chi connectivity index (χ4n) is 5.92. The van der Waals surface area contributed by atoms with E-state index in [0.717, 1.165) is 0 Å². The average molecular weight is 606 g/mol. The number of nitrogens with one attached hydrogen (secondary N) is 1. The van der Waals surface area contributed by atoms with E-state index in [1.54, 1.807) is 6.07 Å². The predicted octanol–water partition coefficient (Wildman–Crippen LogP) is -1.06. The molecule has 3 fully saturated rings. The molecule has 7 heterocycles. The van der Waals surface area contributed by atoms with Gasteiger partial charge >= 0.3 is 7.82 Å². The lowest BCUT2D eigenvalue weighted by molar-refractivity contribution is -0.0617. The molecule has 9 atom stereocenters. The first-order valence-corrected chi connectivity index (χ1v) is 14.6. The van der Waals surface area contributed by atoms with E-state index in [1.165, 1.54) is 21.8 Å². The Bertz CT molecular complexity index is 1760. The van der Waals surface area contributed by atoms with Gasteiger partial charge in [0.15, 0.2) is 35.0 Å². The first-order valence-electron chi connectivity index (χ1n) is 13.1. The van der Waals surface area contributed by atoms with Crippen LogP contribution in [0.5, 0.6) is 0 Å². The number of pyridine rings is 1. The summed E-state index contributed by atoms with van der Waals surface area (Å²) >= 11 is 0. The molecule has 2 bridgehead atoms. The second-order valence-electron chi connectivity index (χ2n) is 10.4. The van der Waals surface area contributed by atoms with Crippen molar-refractivity contribution in [3.05, 3.63) is 28.9 Å². The fraction of sp³-hybridized carbons (Fsp3) is 0.545. The molecule has 7 rings (SSSR count). The van der Waals surface area contributed by atoms with Gasteiger partial charge in [0.25, 0.3) is 5.56 Å². The molecule has 42 heavy (non-hydrogen) atoms. The van der Waals surface area contributed by atoms with Crippen LogP contribution in [0.3, 0.4) is 0 Å². The Morgan fingerprint density at radius 1 is 1.07 bits per heavy atom. The first kappa shape index (κ1) is 27.3. The topological polar surface area (TPSA) is 274 Å². The second kappa shape index (κ2) is 10.0. The molecule has 0 amide bonds. The number of ether oxygens (including phenoxy) is 2. The minimum Gasteiger partial charge on any atom is -0.388 e. The van der Waals surface area contributed by atoms with Crippen molar-refractivity contribution in [3.8, 4) is 0 Å². The van der Waals surface area contributed by atoms with Gasteiger partial charge in [-0.15, -0.1) is 5.10 Å². The lowest BCUT2D eigenvalue weighted by atomic mass is 9.91. The third-order valence-electron chi connectivity index (χ3n) is 7.90. The number of nitrogen functional groups attached to an aromatic ring is 2. The normalized spacial score (nSPS) is 35.7. The Kier molecular flexibility index (Phi) is 6.51. The Morgan fingerprint density at radius 3 is 2.71 bits per heavy atom. The summed E-state index contributed by atoms with van der Waals surface area (Å²) in [5.41, 5.74) is 11.8. The van der Waals surface area contributed by atoms with Crippen LogP contribution in [-0.4, -0.2) is 91.7 Å². The molecule has 3 aliphatic rings. The third-order valence-corrected chi connectivity index (χ3v) is 8.89. The summed E-state index contributed by atoms with van der Waals surface area (Å²) in [4.78, 5) is 37.4. The van der Waals surface area contributed by atoms with Crippen LogP contribution in [0.15, 0.2) is 23.4 Å². The van der Waals surface area contributed by atoms with E-state index in [0.29, 0.717) is 30.3 Å². The van der Waals surface area contributed by atoms with Crippen molar-refractivity contribution >= 4 is 41.8 Å². The predicted molar refractivity (Wildman–Crippen MR) is 140 cm³/mol. The maximum atomic E-state index is 13.1. The molecule has 0 spiro atoms. The van der Waals surface area contributed by atoms with Gasteiger partial charge in [-0.3, -0.25) is 23.4 Å². The number of aromatic amines is 1. The number of H-pyrrole nitrogens is 1. The van der Waals surface area contributed by atoms with Crippen molar-refractivity contribution in [2.75, 3.05) is 18.1 Å². The molecule has 20 heteroatoms. The standard InChI is InChI=1S/C22H27N10O9P/c23-17-12-9(4-5-25-17)32(30-29-12)20-14(33)8-2-1-3-10-15(34)16(41-42(36,37)38-6-11(8)40-20)21(39-10)31-7-26-13-18(31)27-22(24)28-19(13)35/h4-5,7-8,10-11,14-16,20-21,33-34H,1-3,6H2,(H2,23,25)(H,36,37)(H3,24,27,28,35)/t8-,10?,11-,14-,15-,16-,20-,21-/m1/s1. The Morgan fingerprint density at radius 2 is 1.88 bits per heavy atom. The molecule has 0 saturated carbocycles. The number of imidazole rings is 1. The number of nitrogens with two attached hydrogens (primary N) is 2. The number of phosphoric ester groups is 1. The van der Waals surface area contributed by atoms with Crippen LogP contribution in [0.1, 0.15) is 31.7 Å². The quantitative estimate of drug-likeness (QED) is 0.148. The zero-order valence-electron chi connectivity index (χ0n) is 21.7. The van der Waals surface area contributed by atoms with Gasteiger partial charge in [0, 0.05) is 12.1 Å². The van der Waals surface area contributed by atoms with Gasteiger partial charge < -0.3 is 36.0 Å². The van der Waals surface area contributed by atoms with Crippen LogP contribution in [0.2, 0.25) is 0 Å². The zero-order chi connectivity index (χ0) is 29.3. The summed E-state index contributed by atoms with van der Waals surface area (Å²) in [6, 6.07) is 1.63. The van der Waals surface area contributed by atoms with Crippen molar-refractivity contribution in [1.29, 1.82) is 0 Å². The molecule has 3 saturated heterocycles. The number of aromatic nitrogens is 8. The highest BCUT2D eigenvalue weighted by Gasteiger charge is 2.51. The summed E-state index contributed by atoms with van der Waals surface area (Å²) in [5, 5.41) is 30.5. The molecule has 4 aromatic heterocycles. The number of hydrogen-bond acceptors (Lipinski definition) is 15. The average Bonchev–Trinajstić information content (AvgIpc) is 3.69. The first-order chi connectivity index (χ1) is 20.1. The molecular formula is C22H27N10O9P. The van der Waals surface area contributed by atoms with Crippen LogP contribution in [0.4, 0.5) is 11.8 Å². The van der Waals surface area contributed by atoms with E-state index >= 15 is 0 Å². The van der Waals surface area contributed by atoms with Gasteiger partial charge in [-0.05, 0) is 18.9 Å². The van der Waals surface area contributed by atoms with E-state index in [1.807, 2.05) is 0 Å². The highest BCUT2D eigenvalue weighted by molar-refractivity contribution is 7.47. The van der Waals surface area contributed by atoms with Crippen LogP contribution in [0.25, 0.3) is 22.2 Å². The maximum Gasteiger partial charge on any atom is 0.472 e. The van der Waals surface area contributed by atoms with E-state index in [4.69, 9.17) is 30.0 Å². The number of rotatable bonds is 2. The summed E-state index contributed by atoms with van der Waals surface area (Å²) in [5.74, 6) is -0.554. The minimum absolute atomic E-state index is 0.0379. The van der Waals surface area contributed by atoms with Crippen molar-refractivity contribution in [3.63, 3.8) is 0 Å². The van der Waals surface area contributed by atoms with Crippen LogP contribution in [-0.2, 0) is 23.1 Å². The summed E-state index contributed by atoms with van der Waals surface area (Å²) < 4.78 is 38.8. The second-order valence-corrected chi connectivity index (χ2v) is 11.8. The summed E-state index contributed by atoms with van der Waals surface area (Å²) in [6.07, 6.45) is -3.81. The van der Waals surface area contributed by atoms with E-state index < -0.39 is 68.9 Å². The Balaban J connectivity index is 1.17. The van der Waals surface area contributed by atoms with Gasteiger partial charge in [0.05, 0.1) is 30.7 Å². The smallest absolute Gasteiger partial charge is 0.388 e. The van der Waals surface area contributed by atoms with Gasteiger partial charge in [-0.2, -0.15) is 4.98 Å². The molecule has 0 aliphatic carbocycles. The van der Waals surface area contributed by atoms with Crippen molar-refractivity contribution in [2.45, 2.75) is 62.2 Å². The lowest BCUT2D eigenvalue weighted by Crippen LogP contribution is -2.35. The zero-order valence-corrected chi connectivity index (χ0v) is 22.6. The summed E-state index contributed by atoms with van der Waals surface area (Å²) in [7, 11) is -4.84. The number of aliphatic hydroxyl groups excluding tert-OH is 2. The number of hydrogen-bond donors (Lipinski definition) is 6. The van der Waals surface area contributed by atoms with Crippen LogP contribution in [0, 0.1) is 5.92 Å². The molecular weight excluding hydrogens is 579 g/mol. The van der Waals surface area contributed by atoms with Gasteiger partial charge in [-0.1, -0.05) is 11.6 Å². The highest BCUT2D eigenvalue weighted by atomic mass is 31.2. The molecule has 224 valence electrons. The minimum atomic E-state index is -4.84. The van der Waals surface area contributed by atoms with Gasteiger partial charge in [-0.25, -0.2) is 19.2 Å². The van der Waals surface area contributed by atoms with E-state index in [-0.39, 0.29) is 22.9 Å². The van der Waals surface area contributed by atoms with Gasteiger partial charge in [0.2, 0.25) is 5.95 Å². The Labute approximate surface area is 235 Å². The number of anilines is 2. The van der Waals surface area contributed by atoms with Crippen molar-refractivity contribution in [1.82, 2.24) is 39.5 Å². The monoisotopic (exact) mass is 606 g/mol. The fourth-order valence-corrected chi connectivity index (χ4v) is 6.85. The van der Waals surface area contributed by atoms with E-state index in [2.05, 4.69) is 30.2 Å². The molecule has 8 N–H and O–H groups in total. The van der Waals surface area contributed by atoms with Crippen molar-refractivity contribution < 1.29 is 38.2 Å². The van der Waals surface area contributed by atoms with Gasteiger partial charge in [0.1, 0.15) is 18.3 Å². The lowest BCUT2D eigenvalue weighted by Gasteiger charge is -2.26. The molecule has 0 radical (unpaired) electrons. The maximum absolute atomic E-state index is 13.1. The van der Waals surface area contributed by atoms with Crippen LogP contribution < -0.4 is 17.0 Å². The Hall–Kier alpha value is -3.55. The van der Waals surface area contributed by atoms with Crippen LogP contribution >= 0.6 is 7.82 Å². The number of fused-ring (bicyclic) bond motifs is 5. The molecule has 19 nitrogen and oxygen atoms in total. The third kappa shape index (κ3) is 4.45. The number of nitrogens with zero attached hydrogens (tertiary/aromatic N) is 7. The highest BCUT2D eigenvalue weighted by Crippen LogP contribution is 2.51. The number of aliphatic hydroxyl groups is 2. The van der Waals surface area contributed by atoms with E-state index in [9.17, 15) is 24.5 Å². The SMILES string of the molecule is Nc1nc2c(ncn2[C@@H]2OC3CCC[C@H]4[C@@H](O)[C@H](n5nnc6c(N)nccc65)O[C@@H]4COP(=O)(O)O[C@@H]2[C@@H]3O)c(=O)[nH]1. The summed E-state index contributed by atoms with van der Waals surface area (Å²) in [6.45, 7) is -0.415. The largest absolute Gasteiger partial charge is 0.472 e. The van der Waals surface area contributed by atoms with Crippen molar-refractivity contribution in [2.24, 2.45) is 5.92 Å².